The van der Waals surface area contributed by atoms with Crippen molar-refractivity contribution in [2.75, 3.05) is 7.05 Å². The third kappa shape index (κ3) is 4.34. The second kappa shape index (κ2) is 8.09. The molecule has 0 aromatic heterocycles. The van der Waals surface area contributed by atoms with E-state index in [1.807, 2.05) is 12.1 Å². The van der Waals surface area contributed by atoms with Crippen LogP contribution in [0.4, 0.5) is 0 Å². The molecule has 0 radical (unpaired) electrons. The molecule has 2 bridgehead atoms. The number of halogens is 1. The van der Waals surface area contributed by atoms with E-state index >= 15 is 0 Å². The molecule has 2 aromatic carbocycles. The number of hydrogen-bond acceptors (Lipinski definition) is 3. The molecule has 5 nitrogen and oxygen atoms in total. The first-order chi connectivity index (χ1) is 13.8. The van der Waals surface area contributed by atoms with E-state index in [1.165, 1.54) is 35.7 Å². The molecule has 3 atom stereocenters. The standard InChI is InChI=1S/C22H25ClN2O3S/c1-25(29(27,28)20-10-8-19(23)9-11-20)14-15-2-5-17(6-3-15)22(26)24-21-13-16-4-7-18(21)12-16/h2-3,5-6,8-11,16,18,21H,4,7,12-14H2,1H3,(H,24,26)/t16-,18-,21+/m0/s1. The van der Waals surface area contributed by atoms with Gasteiger partial charge in [-0.1, -0.05) is 30.2 Å². The number of sulfonamides is 1. The summed E-state index contributed by atoms with van der Waals surface area (Å²) in [6.07, 6.45) is 4.88. The van der Waals surface area contributed by atoms with E-state index in [0.717, 1.165) is 17.9 Å². The normalized spacial score (nSPS) is 23.5. The predicted octanol–water partition coefficient (Wildman–Crippen LogP) is 4.08. The number of benzene rings is 2. The molecule has 2 saturated carbocycles. The fourth-order valence-corrected chi connectivity index (χ4v) is 5.85. The van der Waals surface area contributed by atoms with Crippen molar-refractivity contribution in [2.45, 2.75) is 43.2 Å². The van der Waals surface area contributed by atoms with Gasteiger partial charge in [0.15, 0.2) is 0 Å². The number of fused-ring (bicyclic) bond motifs is 2. The molecule has 7 heteroatoms. The Morgan fingerprint density at radius 2 is 1.76 bits per heavy atom. The molecule has 2 aliphatic rings. The fraction of sp³-hybridized carbons (Fsp3) is 0.409. The van der Waals surface area contributed by atoms with Crippen molar-refractivity contribution >= 4 is 27.5 Å². The lowest BCUT2D eigenvalue weighted by Crippen LogP contribution is -2.38. The molecule has 4 rings (SSSR count). The maximum Gasteiger partial charge on any atom is 0.251 e. The van der Waals surface area contributed by atoms with Crippen LogP contribution in [0.15, 0.2) is 53.4 Å². The second-order valence-corrected chi connectivity index (χ2v) is 10.6. The highest BCUT2D eigenvalue weighted by atomic mass is 35.5. The third-order valence-corrected chi connectivity index (χ3v) is 8.27. The van der Waals surface area contributed by atoms with Crippen molar-refractivity contribution in [1.29, 1.82) is 0 Å². The zero-order valence-electron chi connectivity index (χ0n) is 16.3. The van der Waals surface area contributed by atoms with Gasteiger partial charge in [0, 0.05) is 30.2 Å². The first kappa shape index (κ1) is 20.4. The number of nitrogens with one attached hydrogen (secondary N) is 1. The molecular formula is C22H25ClN2O3S. The van der Waals surface area contributed by atoms with Crippen molar-refractivity contribution in [3.05, 3.63) is 64.7 Å². The molecule has 0 heterocycles. The lowest BCUT2D eigenvalue weighted by molar-refractivity contribution is 0.0923. The van der Waals surface area contributed by atoms with E-state index < -0.39 is 10.0 Å². The topological polar surface area (TPSA) is 66.5 Å². The summed E-state index contributed by atoms with van der Waals surface area (Å²) in [7, 11) is -2.06. The van der Waals surface area contributed by atoms with Crippen molar-refractivity contribution in [3.8, 4) is 0 Å². The molecule has 2 aromatic rings. The molecule has 2 aliphatic carbocycles. The van der Waals surface area contributed by atoms with Gasteiger partial charge >= 0.3 is 0 Å². The smallest absolute Gasteiger partial charge is 0.251 e. The van der Waals surface area contributed by atoms with Crippen molar-refractivity contribution in [1.82, 2.24) is 9.62 Å². The van der Waals surface area contributed by atoms with E-state index in [4.69, 9.17) is 11.6 Å². The minimum atomic E-state index is -3.61. The number of nitrogens with zero attached hydrogens (tertiary/aromatic N) is 1. The molecule has 0 unspecified atom stereocenters. The summed E-state index contributed by atoms with van der Waals surface area (Å²) >= 11 is 5.84. The Morgan fingerprint density at radius 1 is 1.07 bits per heavy atom. The summed E-state index contributed by atoms with van der Waals surface area (Å²) in [6.45, 7) is 0.221. The zero-order chi connectivity index (χ0) is 20.6. The predicted molar refractivity (Wildman–Crippen MR) is 113 cm³/mol. The van der Waals surface area contributed by atoms with Gasteiger partial charge in [0.1, 0.15) is 0 Å². The van der Waals surface area contributed by atoms with Crippen LogP contribution < -0.4 is 5.32 Å². The van der Waals surface area contributed by atoms with Crippen molar-refractivity contribution in [3.63, 3.8) is 0 Å². The van der Waals surface area contributed by atoms with E-state index in [2.05, 4.69) is 5.32 Å². The molecule has 1 amide bonds. The SMILES string of the molecule is CN(Cc1ccc(C(=O)N[C@@H]2C[C@H]3CC[C@H]2C3)cc1)S(=O)(=O)c1ccc(Cl)cc1. The highest BCUT2D eigenvalue weighted by Crippen LogP contribution is 2.44. The first-order valence-electron chi connectivity index (χ1n) is 9.94. The average molecular weight is 433 g/mol. The van der Waals surface area contributed by atoms with Gasteiger partial charge in [-0.15, -0.1) is 0 Å². The van der Waals surface area contributed by atoms with Gasteiger partial charge in [0.25, 0.3) is 5.91 Å². The molecule has 0 saturated heterocycles. The summed E-state index contributed by atoms with van der Waals surface area (Å²) in [5.74, 6) is 1.37. The number of carbonyl (C=O) groups excluding carboxylic acids is 1. The number of amides is 1. The van der Waals surface area contributed by atoms with Gasteiger partial charge < -0.3 is 5.32 Å². The Kier molecular flexibility index (Phi) is 5.69. The molecule has 154 valence electrons. The minimum Gasteiger partial charge on any atom is -0.349 e. The van der Waals surface area contributed by atoms with Crippen LogP contribution in [-0.4, -0.2) is 31.7 Å². The summed E-state index contributed by atoms with van der Waals surface area (Å²) in [5, 5.41) is 3.67. The van der Waals surface area contributed by atoms with Gasteiger partial charge in [-0.2, -0.15) is 4.31 Å². The maximum atomic E-state index is 12.7. The molecule has 0 aliphatic heterocycles. The molecule has 2 fully saturated rings. The van der Waals surface area contributed by atoms with Crippen LogP contribution in [0, 0.1) is 11.8 Å². The Labute approximate surface area is 177 Å². The van der Waals surface area contributed by atoms with Gasteiger partial charge in [-0.25, -0.2) is 8.42 Å². The molecule has 0 spiro atoms. The monoisotopic (exact) mass is 432 g/mol. The van der Waals surface area contributed by atoms with Crippen LogP contribution in [0.25, 0.3) is 0 Å². The molecule has 1 N–H and O–H groups in total. The second-order valence-electron chi connectivity index (χ2n) is 8.17. The highest BCUT2D eigenvalue weighted by Gasteiger charge is 2.40. The average Bonchev–Trinajstić information content (AvgIpc) is 3.32. The van der Waals surface area contributed by atoms with Crippen LogP contribution in [0.3, 0.4) is 0 Å². The lowest BCUT2D eigenvalue weighted by Gasteiger charge is -2.23. The summed E-state index contributed by atoms with van der Waals surface area (Å²) < 4.78 is 26.7. The van der Waals surface area contributed by atoms with Crippen LogP contribution in [-0.2, 0) is 16.6 Å². The van der Waals surface area contributed by atoms with E-state index in [9.17, 15) is 13.2 Å². The van der Waals surface area contributed by atoms with Crippen LogP contribution in [0.2, 0.25) is 5.02 Å². The minimum absolute atomic E-state index is 0.0451. The zero-order valence-corrected chi connectivity index (χ0v) is 17.9. The fourth-order valence-electron chi connectivity index (χ4n) is 4.56. The van der Waals surface area contributed by atoms with Gasteiger partial charge in [0.05, 0.1) is 4.90 Å². The Morgan fingerprint density at radius 3 is 2.34 bits per heavy atom. The molecular weight excluding hydrogens is 408 g/mol. The Balaban J connectivity index is 1.38. The quantitative estimate of drug-likeness (QED) is 0.747. The Hall–Kier alpha value is -1.89. The third-order valence-electron chi connectivity index (χ3n) is 6.20. The highest BCUT2D eigenvalue weighted by molar-refractivity contribution is 7.89. The van der Waals surface area contributed by atoms with Crippen LogP contribution in [0.5, 0.6) is 0 Å². The maximum absolute atomic E-state index is 12.7. The first-order valence-corrected chi connectivity index (χ1v) is 11.8. The summed E-state index contributed by atoms with van der Waals surface area (Å²) in [5.41, 5.74) is 1.43. The Bertz CT molecular complexity index is 990. The number of rotatable bonds is 6. The van der Waals surface area contributed by atoms with Crippen molar-refractivity contribution in [2.24, 2.45) is 11.8 Å². The van der Waals surface area contributed by atoms with E-state index in [1.54, 1.807) is 31.3 Å². The van der Waals surface area contributed by atoms with Crippen LogP contribution in [0.1, 0.15) is 41.6 Å². The van der Waals surface area contributed by atoms with Gasteiger partial charge in [-0.05, 0) is 73.1 Å². The lowest BCUT2D eigenvalue weighted by atomic mass is 9.95. The largest absolute Gasteiger partial charge is 0.349 e. The molecule has 29 heavy (non-hydrogen) atoms. The van der Waals surface area contributed by atoms with Gasteiger partial charge in [-0.3, -0.25) is 4.79 Å². The number of carbonyl (C=O) groups is 1. The summed E-state index contributed by atoms with van der Waals surface area (Å²) in [4.78, 5) is 12.8. The van der Waals surface area contributed by atoms with Crippen LogP contribution >= 0.6 is 11.6 Å². The van der Waals surface area contributed by atoms with Gasteiger partial charge in [0.2, 0.25) is 10.0 Å². The van der Waals surface area contributed by atoms with E-state index in [0.29, 0.717) is 22.5 Å². The summed E-state index contributed by atoms with van der Waals surface area (Å²) in [6, 6.07) is 13.6. The number of hydrogen-bond donors (Lipinski definition) is 1. The van der Waals surface area contributed by atoms with E-state index in [-0.39, 0.29) is 17.3 Å². The van der Waals surface area contributed by atoms with Crippen molar-refractivity contribution < 1.29 is 13.2 Å².